The summed E-state index contributed by atoms with van der Waals surface area (Å²) < 4.78 is 57.9. The number of rotatable bonds is 3. The van der Waals surface area contributed by atoms with E-state index in [0.717, 1.165) is 18.2 Å². The average Bonchev–Trinajstić information content (AvgIpc) is 2.50. The van der Waals surface area contributed by atoms with Gasteiger partial charge in [0.05, 0.1) is 16.3 Å². The fraction of sp³-hybridized carbons (Fsp3) is 0.0714. The maximum Gasteiger partial charge on any atom is 0.262 e. The number of anilines is 2. The zero-order valence-electron chi connectivity index (χ0n) is 11.5. The molecule has 2 aromatic rings. The first-order valence-corrected chi connectivity index (χ1v) is 7.88. The summed E-state index contributed by atoms with van der Waals surface area (Å²) in [5, 5.41) is 2.49. The van der Waals surface area contributed by atoms with E-state index in [-0.39, 0.29) is 22.9 Å². The molecule has 6 nitrogen and oxygen atoms in total. The molecule has 1 aliphatic heterocycles. The van der Waals surface area contributed by atoms with Gasteiger partial charge in [-0.2, -0.15) is 0 Å². The Balaban J connectivity index is 1.92. The van der Waals surface area contributed by atoms with Crippen LogP contribution in [0, 0.1) is 11.6 Å². The predicted octanol–water partition coefficient (Wildman–Crippen LogP) is 2.10. The molecule has 0 radical (unpaired) electrons. The standard InChI is InChI=1S/C14H10F2N2O4S/c15-10-3-1-8(5-11(10)16)18-23(20,21)9-2-4-13-12(6-9)17-14(19)7-22-13/h1-6,18H,7H2,(H,17,19). The van der Waals surface area contributed by atoms with Gasteiger partial charge >= 0.3 is 0 Å². The maximum atomic E-state index is 13.2. The number of ether oxygens (including phenoxy) is 1. The van der Waals surface area contributed by atoms with E-state index in [1.54, 1.807) is 0 Å². The largest absolute Gasteiger partial charge is 0.482 e. The Morgan fingerprint density at radius 3 is 2.61 bits per heavy atom. The number of sulfonamides is 1. The van der Waals surface area contributed by atoms with Crippen LogP contribution in [-0.4, -0.2) is 20.9 Å². The molecule has 0 unspecified atom stereocenters. The van der Waals surface area contributed by atoms with E-state index in [1.165, 1.54) is 18.2 Å². The van der Waals surface area contributed by atoms with Crippen molar-refractivity contribution in [3.8, 4) is 5.75 Å². The van der Waals surface area contributed by atoms with Gasteiger partial charge in [0.25, 0.3) is 15.9 Å². The predicted molar refractivity (Wildman–Crippen MR) is 77.7 cm³/mol. The van der Waals surface area contributed by atoms with Gasteiger partial charge in [0.2, 0.25) is 0 Å². The first-order valence-electron chi connectivity index (χ1n) is 6.40. The Hall–Kier alpha value is -2.68. The summed E-state index contributed by atoms with van der Waals surface area (Å²) in [6, 6.07) is 6.53. The molecule has 3 rings (SSSR count). The topological polar surface area (TPSA) is 84.5 Å². The number of hydrogen-bond acceptors (Lipinski definition) is 4. The molecule has 1 amide bonds. The number of carbonyl (C=O) groups is 1. The number of benzene rings is 2. The summed E-state index contributed by atoms with van der Waals surface area (Å²) in [6.45, 7) is -0.147. The van der Waals surface area contributed by atoms with Crippen LogP contribution in [0.2, 0.25) is 0 Å². The van der Waals surface area contributed by atoms with Crippen molar-refractivity contribution in [2.24, 2.45) is 0 Å². The second kappa shape index (κ2) is 5.51. The molecule has 0 saturated heterocycles. The molecule has 0 bridgehead atoms. The summed E-state index contributed by atoms with van der Waals surface area (Å²) >= 11 is 0. The monoisotopic (exact) mass is 340 g/mol. The van der Waals surface area contributed by atoms with Gasteiger partial charge in [0.15, 0.2) is 18.2 Å². The molecule has 120 valence electrons. The zero-order valence-corrected chi connectivity index (χ0v) is 12.3. The van der Waals surface area contributed by atoms with Crippen molar-refractivity contribution in [1.29, 1.82) is 0 Å². The fourth-order valence-electron chi connectivity index (χ4n) is 2.00. The third-order valence-corrected chi connectivity index (χ3v) is 4.44. The normalized spacial score (nSPS) is 13.7. The van der Waals surface area contributed by atoms with Crippen molar-refractivity contribution in [1.82, 2.24) is 0 Å². The first kappa shape index (κ1) is 15.2. The minimum atomic E-state index is -4.04. The fourth-order valence-corrected chi connectivity index (χ4v) is 3.08. The van der Waals surface area contributed by atoms with Crippen LogP contribution in [0.1, 0.15) is 0 Å². The van der Waals surface area contributed by atoms with E-state index in [1.807, 2.05) is 0 Å². The molecular weight excluding hydrogens is 330 g/mol. The SMILES string of the molecule is O=C1COc2ccc(S(=O)(=O)Nc3ccc(F)c(F)c3)cc2N1. The average molecular weight is 340 g/mol. The van der Waals surface area contributed by atoms with E-state index in [2.05, 4.69) is 10.0 Å². The molecule has 9 heteroatoms. The molecule has 0 aromatic heterocycles. The molecule has 0 aliphatic carbocycles. The number of halogens is 2. The van der Waals surface area contributed by atoms with Gasteiger partial charge in [-0.3, -0.25) is 9.52 Å². The molecule has 0 atom stereocenters. The van der Waals surface area contributed by atoms with Gasteiger partial charge < -0.3 is 10.1 Å². The second-order valence-electron chi connectivity index (χ2n) is 4.73. The van der Waals surface area contributed by atoms with Crippen LogP contribution < -0.4 is 14.8 Å². The van der Waals surface area contributed by atoms with Crippen LogP contribution in [0.5, 0.6) is 5.75 Å². The van der Waals surface area contributed by atoms with E-state index in [0.29, 0.717) is 5.75 Å². The summed E-state index contributed by atoms with van der Waals surface area (Å²) in [6.07, 6.45) is 0. The molecule has 23 heavy (non-hydrogen) atoms. The Morgan fingerprint density at radius 2 is 1.87 bits per heavy atom. The number of hydrogen-bond donors (Lipinski definition) is 2. The van der Waals surface area contributed by atoms with Crippen LogP contribution >= 0.6 is 0 Å². The highest BCUT2D eigenvalue weighted by Crippen LogP contribution is 2.30. The van der Waals surface area contributed by atoms with Crippen molar-refractivity contribution in [3.05, 3.63) is 48.0 Å². The number of nitrogens with one attached hydrogen (secondary N) is 2. The lowest BCUT2D eigenvalue weighted by Crippen LogP contribution is -2.25. The van der Waals surface area contributed by atoms with Crippen LogP contribution in [0.25, 0.3) is 0 Å². The Kier molecular flexibility index (Phi) is 3.64. The van der Waals surface area contributed by atoms with E-state index in [4.69, 9.17) is 4.74 Å². The lowest BCUT2D eigenvalue weighted by atomic mass is 10.2. The van der Waals surface area contributed by atoms with Gasteiger partial charge in [-0.1, -0.05) is 0 Å². The van der Waals surface area contributed by atoms with Crippen LogP contribution in [0.15, 0.2) is 41.3 Å². The maximum absolute atomic E-state index is 13.2. The summed E-state index contributed by atoms with van der Waals surface area (Å²) in [5.74, 6) is -2.31. The highest BCUT2D eigenvalue weighted by Gasteiger charge is 2.21. The molecule has 2 N–H and O–H groups in total. The third-order valence-electron chi connectivity index (χ3n) is 3.07. The lowest BCUT2D eigenvalue weighted by molar-refractivity contribution is -0.118. The van der Waals surface area contributed by atoms with Gasteiger partial charge in [0.1, 0.15) is 5.75 Å². The van der Waals surface area contributed by atoms with E-state index >= 15 is 0 Å². The molecule has 0 saturated carbocycles. The Labute approximate surface area is 130 Å². The second-order valence-corrected chi connectivity index (χ2v) is 6.41. The zero-order chi connectivity index (χ0) is 16.6. The van der Waals surface area contributed by atoms with Gasteiger partial charge in [-0.15, -0.1) is 0 Å². The van der Waals surface area contributed by atoms with Crippen molar-refractivity contribution >= 4 is 27.3 Å². The Bertz CT molecular complexity index is 900. The van der Waals surface area contributed by atoms with Crippen molar-refractivity contribution in [2.75, 3.05) is 16.6 Å². The van der Waals surface area contributed by atoms with E-state index in [9.17, 15) is 22.0 Å². The Morgan fingerprint density at radius 1 is 1.09 bits per heavy atom. The number of fused-ring (bicyclic) bond motifs is 1. The molecule has 0 fully saturated rings. The first-order chi connectivity index (χ1) is 10.8. The summed E-state index contributed by atoms with van der Waals surface area (Å²) in [4.78, 5) is 11.1. The van der Waals surface area contributed by atoms with Crippen LogP contribution in [0.3, 0.4) is 0 Å². The minimum Gasteiger partial charge on any atom is -0.482 e. The van der Waals surface area contributed by atoms with E-state index < -0.39 is 27.6 Å². The number of carbonyl (C=O) groups excluding carboxylic acids is 1. The molecule has 2 aromatic carbocycles. The molecule has 1 aliphatic rings. The molecule has 1 heterocycles. The quantitative estimate of drug-likeness (QED) is 0.896. The minimum absolute atomic E-state index is 0.123. The van der Waals surface area contributed by atoms with Gasteiger partial charge in [-0.05, 0) is 30.3 Å². The van der Waals surface area contributed by atoms with Gasteiger partial charge in [-0.25, -0.2) is 17.2 Å². The van der Waals surface area contributed by atoms with Crippen molar-refractivity contribution in [2.45, 2.75) is 4.90 Å². The molecule has 0 spiro atoms. The number of amides is 1. The van der Waals surface area contributed by atoms with Crippen LogP contribution in [-0.2, 0) is 14.8 Å². The lowest BCUT2D eigenvalue weighted by Gasteiger charge is -2.18. The third kappa shape index (κ3) is 3.09. The molecular formula is C14H10F2N2O4S. The van der Waals surface area contributed by atoms with Gasteiger partial charge in [0, 0.05) is 6.07 Å². The smallest absolute Gasteiger partial charge is 0.262 e. The van der Waals surface area contributed by atoms with Crippen molar-refractivity contribution < 1.29 is 26.7 Å². The van der Waals surface area contributed by atoms with Crippen molar-refractivity contribution in [3.63, 3.8) is 0 Å². The summed E-state index contributed by atoms with van der Waals surface area (Å²) in [7, 11) is -4.04. The summed E-state index contributed by atoms with van der Waals surface area (Å²) in [5.41, 5.74) is 0.0938. The highest BCUT2D eigenvalue weighted by atomic mass is 32.2. The highest BCUT2D eigenvalue weighted by molar-refractivity contribution is 7.92. The van der Waals surface area contributed by atoms with Crippen LogP contribution in [0.4, 0.5) is 20.2 Å².